The zero-order valence-electron chi connectivity index (χ0n) is 10.3. The molecule has 1 atom stereocenters. The van der Waals surface area contributed by atoms with Crippen LogP contribution in [0.15, 0.2) is 18.2 Å². The van der Waals surface area contributed by atoms with E-state index in [9.17, 15) is 9.90 Å². The summed E-state index contributed by atoms with van der Waals surface area (Å²) < 4.78 is 10.9. The number of benzene rings is 1. The maximum absolute atomic E-state index is 12.0. The molecule has 0 radical (unpaired) electrons. The molecule has 1 aliphatic heterocycles. The van der Waals surface area contributed by atoms with Crippen molar-refractivity contribution in [2.45, 2.75) is 19.4 Å². The minimum absolute atomic E-state index is 0.236. The molecule has 0 saturated carbocycles. The molecule has 0 fully saturated rings. The van der Waals surface area contributed by atoms with E-state index in [1.165, 1.54) is 0 Å². The monoisotopic (exact) mass is 251 g/mol. The van der Waals surface area contributed by atoms with Gasteiger partial charge in [0.15, 0.2) is 11.5 Å². The third kappa shape index (κ3) is 2.73. The van der Waals surface area contributed by atoms with Crippen LogP contribution in [0.1, 0.15) is 23.7 Å². The normalized spacial score (nSPS) is 15.0. The van der Waals surface area contributed by atoms with Crippen LogP contribution < -0.4 is 14.8 Å². The summed E-state index contributed by atoms with van der Waals surface area (Å²) in [5.41, 5.74) is 0.440. The van der Waals surface area contributed by atoms with Crippen LogP contribution in [-0.4, -0.2) is 36.9 Å². The second-order valence-corrected chi connectivity index (χ2v) is 4.10. The third-order valence-corrected chi connectivity index (χ3v) is 2.78. The van der Waals surface area contributed by atoms with Crippen molar-refractivity contribution in [1.29, 1.82) is 0 Å². The first-order valence-corrected chi connectivity index (χ1v) is 6.07. The highest BCUT2D eigenvalue weighted by Crippen LogP contribution is 2.33. The smallest absolute Gasteiger partial charge is 0.255 e. The number of para-hydroxylation sites is 1. The number of nitrogens with one attached hydrogen (secondary N) is 1. The lowest BCUT2D eigenvalue weighted by molar-refractivity contribution is 0.0903. The average molecular weight is 251 g/mol. The Bertz CT molecular complexity index is 433. The van der Waals surface area contributed by atoms with Gasteiger partial charge in [-0.15, -0.1) is 0 Å². The van der Waals surface area contributed by atoms with Gasteiger partial charge in [0.2, 0.25) is 0 Å². The van der Waals surface area contributed by atoms with Gasteiger partial charge in [-0.2, -0.15) is 0 Å². The molecule has 1 unspecified atom stereocenters. The number of fused-ring (bicyclic) bond motifs is 1. The van der Waals surface area contributed by atoms with Crippen LogP contribution in [0.3, 0.4) is 0 Å². The van der Waals surface area contributed by atoms with Gasteiger partial charge >= 0.3 is 0 Å². The summed E-state index contributed by atoms with van der Waals surface area (Å²) in [6.45, 7) is 3.03. The zero-order chi connectivity index (χ0) is 13.0. The van der Waals surface area contributed by atoms with Crippen LogP contribution in [0.4, 0.5) is 0 Å². The molecule has 2 N–H and O–H groups in total. The Balaban J connectivity index is 2.10. The van der Waals surface area contributed by atoms with E-state index >= 15 is 0 Å². The standard InChI is InChI=1S/C13H17NO4/c1-2-9(15)8-14-13(16)10-4-3-5-11-12(10)18-7-6-17-11/h3-5,9,15H,2,6-8H2,1H3,(H,14,16). The number of carbonyl (C=O) groups excluding carboxylic acids is 1. The lowest BCUT2D eigenvalue weighted by Gasteiger charge is -2.20. The Hall–Kier alpha value is -1.75. The molecule has 5 heteroatoms. The second kappa shape index (κ2) is 5.73. The summed E-state index contributed by atoms with van der Waals surface area (Å²) in [5.74, 6) is 0.807. The number of aliphatic hydroxyl groups excluding tert-OH is 1. The predicted octanol–water partition coefficient (Wildman–Crippen LogP) is 0.959. The number of amides is 1. The lowest BCUT2D eigenvalue weighted by Crippen LogP contribution is -2.32. The minimum atomic E-state index is -0.523. The van der Waals surface area contributed by atoms with Gasteiger partial charge in [-0.05, 0) is 18.6 Å². The van der Waals surface area contributed by atoms with Crippen LogP contribution in [0.25, 0.3) is 0 Å². The van der Waals surface area contributed by atoms with Crippen LogP contribution in [0, 0.1) is 0 Å². The fourth-order valence-corrected chi connectivity index (χ4v) is 1.70. The Morgan fingerprint density at radius 3 is 3.00 bits per heavy atom. The first kappa shape index (κ1) is 12.7. The van der Waals surface area contributed by atoms with Crippen molar-refractivity contribution in [3.63, 3.8) is 0 Å². The topological polar surface area (TPSA) is 67.8 Å². The summed E-state index contributed by atoms with van der Waals surface area (Å²) >= 11 is 0. The van der Waals surface area contributed by atoms with Gasteiger partial charge in [0, 0.05) is 6.54 Å². The lowest BCUT2D eigenvalue weighted by atomic mass is 10.1. The maximum Gasteiger partial charge on any atom is 0.255 e. The summed E-state index contributed by atoms with van der Waals surface area (Å²) in [5, 5.41) is 12.1. The summed E-state index contributed by atoms with van der Waals surface area (Å²) in [6, 6.07) is 5.20. The zero-order valence-corrected chi connectivity index (χ0v) is 10.3. The molecule has 1 heterocycles. The molecule has 0 spiro atoms. The fourth-order valence-electron chi connectivity index (χ4n) is 1.70. The summed E-state index contributed by atoms with van der Waals surface area (Å²) in [6.07, 6.45) is 0.0814. The first-order valence-electron chi connectivity index (χ1n) is 6.07. The molecular weight excluding hydrogens is 234 g/mol. The van der Waals surface area contributed by atoms with E-state index in [0.29, 0.717) is 36.7 Å². The Labute approximate surface area is 106 Å². The second-order valence-electron chi connectivity index (χ2n) is 4.10. The van der Waals surface area contributed by atoms with E-state index in [2.05, 4.69) is 5.32 Å². The highest BCUT2D eigenvalue weighted by molar-refractivity contribution is 5.97. The van der Waals surface area contributed by atoms with Crippen molar-refractivity contribution in [2.24, 2.45) is 0 Å². The first-order chi connectivity index (χ1) is 8.72. The Kier molecular flexibility index (Phi) is 4.04. The van der Waals surface area contributed by atoms with E-state index in [-0.39, 0.29) is 12.5 Å². The van der Waals surface area contributed by atoms with Crippen LogP contribution in [0.5, 0.6) is 11.5 Å². The molecule has 0 aromatic heterocycles. The molecule has 1 aromatic rings. The van der Waals surface area contributed by atoms with Crippen molar-refractivity contribution >= 4 is 5.91 Å². The average Bonchev–Trinajstić information content (AvgIpc) is 2.43. The number of hydrogen-bond donors (Lipinski definition) is 2. The quantitative estimate of drug-likeness (QED) is 0.836. The summed E-state index contributed by atoms with van der Waals surface area (Å²) in [4.78, 5) is 12.0. The molecule has 98 valence electrons. The molecule has 0 bridgehead atoms. The Morgan fingerprint density at radius 2 is 2.22 bits per heavy atom. The fraction of sp³-hybridized carbons (Fsp3) is 0.462. The predicted molar refractivity (Wildman–Crippen MR) is 66.1 cm³/mol. The van der Waals surface area contributed by atoms with Crippen molar-refractivity contribution in [2.75, 3.05) is 19.8 Å². The molecule has 0 aliphatic carbocycles. The van der Waals surface area contributed by atoms with Crippen molar-refractivity contribution in [3.8, 4) is 11.5 Å². The number of rotatable bonds is 4. The molecular formula is C13H17NO4. The van der Waals surface area contributed by atoms with E-state index in [4.69, 9.17) is 9.47 Å². The molecule has 1 aromatic carbocycles. The van der Waals surface area contributed by atoms with Gasteiger partial charge in [-0.1, -0.05) is 13.0 Å². The van der Waals surface area contributed by atoms with Gasteiger partial charge < -0.3 is 19.9 Å². The van der Waals surface area contributed by atoms with E-state index in [1.807, 2.05) is 6.92 Å². The molecule has 0 saturated heterocycles. The SMILES string of the molecule is CCC(O)CNC(=O)c1cccc2c1OCCO2. The number of hydrogen-bond acceptors (Lipinski definition) is 4. The van der Waals surface area contributed by atoms with Crippen LogP contribution in [0.2, 0.25) is 0 Å². The van der Waals surface area contributed by atoms with E-state index in [1.54, 1.807) is 18.2 Å². The van der Waals surface area contributed by atoms with Gasteiger partial charge in [0.1, 0.15) is 13.2 Å². The number of aliphatic hydroxyl groups is 1. The molecule has 1 aliphatic rings. The van der Waals surface area contributed by atoms with Crippen molar-refractivity contribution in [3.05, 3.63) is 23.8 Å². The third-order valence-electron chi connectivity index (χ3n) is 2.78. The molecule has 2 rings (SSSR count). The van der Waals surface area contributed by atoms with Crippen molar-refractivity contribution in [1.82, 2.24) is 5.32 Å². The highest BCUT2D eigenvalue weighted by atomic mass is 16.6. The highest BCUT2D eigenvalue weighted by Gasteiger charge is 2.20. The van der Waals surface area contributed by atoms with Gasteiger partial charge in [0.05, 0.1) is 11.7 Å². The van der Waals surface area contributed by atoms with Crippen LogP contribution >= 0.6 is 0 Å². The van der Waals surface area contributed by atoms with Crippen molar-refractivity contribution < 1.29 is 19.4 Å². The molecule has 1 amide bonds. The van der Waals surface area contributed by atoms with E-state index in [0.717, 1.165) is 0 Å². The largest absolute Gasteiger partial charge is 0.486 e. The Morgan fingerprint density at radius 1 is 1.44 bits per heavy atom. The van der Waals surface area contributed by atoms with Gasteiger partial charge in [0.25, 0.3) is 5.91 Å². The van der Waals surface area contributed by atoms with E-state index < -0.39 is 6.10 Å². The minimum Gasteiger partial charge on any atom is -0.486 e. The van der Waals surface area contributed by atoms with Gasteiger partial charge in [-0.3, -0.25) is 4.79 Å². The summed E-state index contributed by atoms with van der Waals surface area (Å²) in [7, 11) is 0. The molecule has 18 heavy (non-hydrogen) atoms. The van der Waals surface area contributed by atoms with Gasteiger partial charge in [-0.25, -0.2) is 0 Å². The van der Waals surface area contributed by atoms with Crippen LogP contribution in [-0.2, 0) is 0 Å². The maximum atomic E-state index is 12.0. The number of carbonyl (C=O) groups is 1. The number of ether oxygens (including phenoxy) is 2. The molecule has 5 nitrogen and oxygen atoms in total.